The molecule has 2 aromatic heterocycles. The van der Waals surface area contributed by atoms with Crippen LogP contribution in [0.1, 0.15) is 35.8 Å². The molecule has 1 saturated heterocycles. The number of aryl methyl sites for hydroxylation is 1. The predicted molar refractivity (Wildman–Crippen MR) is 106 cm³/mol. The lowest BCUT2D eigenvalue weighted by molar-refractivity contribution is 0.0198. The zero-order valence-electron chi connectivity index (χ0n) is 16.1. The van der Waals surface area contributed by atoms with Crippen LogP contribution >= 0.6 is 0 Å². The average Bonchev–Trinajstić information content (AvgIpc) is 3.11. The van der Waals surface area contributed by atoms with Gasteiger partial charge >= 0.3 is 5.97 Å². The maximum atomic E-state index is 11.2. The van der Waals surface area contributed by atoms with Crippen LogP contribution < -0.4 is 0 Å². The van der Waals surface area contributed by atoms with Crippen LogP contribution in [0.2, 0.25) is 0 Å². The minimum Gasteiger partial charge on any atom is -0.478 e. The number of carboxylic acid groups (broad SMARTS) is 1. The van der Waals surface area contributed by atoms with Crippen molar-refractivity contribution in [2.75, 3.05) is 26.3 Å². The summed E-state index contributed by atoms with van der Waals surface area (Å²) in [5, 5.41) is 9.20. The molecule has 4 rings (SSSR count). The molecule has 0 unspecified atom stereocenters. The van der Waals surface area contributed by atoms with Gasteiger partial charge in [-0.2, -0.15) is 0 Å². The number of pyridine rings is 1. The van der Waals surface area contributed by atoms with Crippen molar-refractivity contribution in [1.82, 2.24) is 19.4 Å². The first-order valence-electron chi connectivity index (χ1n) is 9.60. The summed E-state index contributed by atoms with van der Waals surface area (Å²) in [6.45, 7) is 8.43. The third-order valence-electron chi connectivity index (χ3n) is 5.39. The second-order valence-electron chi connectivity index (χ2n) is 7.00. The molecule has 1 atom stereocenters. The molecule has 28 heavy (non-hydrogen) atoms. The number of hydrogen-bond donors (Lipinski definition) is 1. The van der Waals surface area contributed by atoms with Crippen molar-refractivity contribution in [3.05, 3.63) is 47.7 Å². The Hall–Kier alpha value is -2.77. The van der Waals surface area contributed by atoms with Crippen LogP contribution in [-0.4, -0.2) is 56.8 Å². The molecule has 0 aliphatic carbocycles. The van der Waals surface area contributed by atoms with E-state index < -0.39 is 5.97 Å². The van der Waals surface area contributed by atoms with E-state index >= 15 is 0 Å². The molecule has 1 aromatic carbocycles. The van der Waals surface area contributed by atoms with E-state index in [0.29, 0.717) is 23.8 Å². The second kappa shape index (κ2) is 7.69. The Morgan fingerprint density at radius 3 is 2.61 bits per heavy atom. The number of carboxylic acids is 1. The van der Waals surface area contributed by atoms with Crippen molar-refractivity contribution in [3.8, 4) is 11.4 Å². The van der Waals surface area contributed by atoms with Gasteiger partial charge in [0.1, 0.15) is 11.3 Å². The van der Waals surface area contributed by atoms with E-state index in [-0.39, 0.29) is 5.56 Å². The molecule has 0 radical (unpaired) electrons. The first-order chi connectivity index (χ1) is 13.6. The fourth-order valence-electron chi connectivity index (χ4n) is 3.73. The van der Waals surface area contributed by atoms with Gasteiger partial charge in [0.25, 0.3) is 0 Å². The Bertz CT molecular complexity index is 991. The zero-order valence-corrected chi connectivity index (χ0v) is 16.1. The highest BCUT2D eigenvalue weighted by Crippen LogP contribution is 2.27. The highest BCUT2D eigenvalue weighted by Gasteiger charge is 2.19. The molecule has 1 aliphatic heterocycles. The summed E-state index contributed by atoms with van der Waals surface area (Å²) in [5.74, 6) is -0.193. The summed E-state index contributed by atoms with van der Waals surface area (Å²) in [4.78, 5) is 22.6. The Kier molecular flexibility index (Phi) is 5.11. The van der Waals surface area contributed by atoms with Crippen LogP contribution in [0.4, 0.5) is 0 Å². The van der Waals surface area contributed by atoms with E-state index in [2.05, 4.69) is 46.1 Å². The van der Waals surface area contributed by atoms with Gasteiger partial charge in [-0.15, -0.1) is 0 Å². The topological polar surface area (TPSA) is 80.5 Å². The first-order valence-corrected chi connectivity index (χ1v) is 9.60. The number of aromatic nitrogens is 3. The molecule has 1 fully saturated rings. The molecule has 1 aliphatic rings. The van der Waals surface area contributed by atoms with Gasteiger partial charge < -0.3 is 14.4 Å². The number of ether oxygens (including phenoxy) is 1. The summed E-state index contributed by atoms with van der Waals surface area (Å²) >= 11 is 0. The first kappa shape index (κ1) is 18.6. The normalized spacial score (nSPS) is 16.4. The van der Waals surface area contributed by atoms with Crippen molar-refractivity contribution in [3.63, 3.8) is 0 Å². The van der Waals surface area contributed by atoms with E-state index in [0.717, 1.165) is 37.7 Å². The van der Waals surface area contributed by atoms with Gasteiger partial charge in [-0.25, -0.2) is 14.8 Å². The monoisotopic (exact) mass is 380 g/mol. The van der Waals surface area contributed by atoms with Crippen molar-refractivity contribution in [1.29, 1.82) is 0 Å². The lowest BCUT2D eigenvalue weighted by Gasteiger charge is -2.32. The quantitative estimate of drug-likeness (QED) is 0.732. The van der Waals surface area contributed by atoms with Crippen LogP contribution in [-0.2, 0) is 11.3 Å². The summed E-state index contributed by atoms with van der Waals surface area (Å²) in [5.41, 5.74) is 3.70. The van der Waals surface area contributed by atoms with Gasteiger partial charge in [0.05, 0.1) is 18.8 Å². The van der Waals surface area contributed by atoms with Crippen LogP contribution in [0.5, 0.6) is 0 Å². The minimum absolute atomic E-state index is 0.148. The number of benzene rings is 1. The zero-order chi connectivity index (χ0) is 19.7. The highest BCUT2D eigenvalue weighted by molar-refractivity contribution is 5.91. The Labute approximate surface area is 163 Å². The number of morpholine rings is 1. The largest absolute Gasteiger partial charge is 0.478 e. The average molecular weight is 380 g/mol. The number of nitrogens with zero attached hydrogens (tertiary/aromatic N) is 4. The molecule has 7 nitrogen and oxygen atoms in total. The second-order valence-corrected chi connectivity index (χ2v) is 7.00. The Balaban J connectivity index is 1.66. The number of aromatic carboxylic acids is 1. The van der Waals surface area contributed by atoms with Crippen LogP contribution in [0.15, 0.2) is 36.5 Å². The Morgan fingerprint density at radius 2 is 1.96 bits per heavy atom. The molecule has 0 saturated carbocycles. The minimum atomic E-state index is -0.997. The number of rotatable bonds is 5. The smallest absolute Gasteiger partial charge is 0.337 e. The molecular weight excluding hydrogens is 356 g/mol. The summed E-state index contributed by atoms with van der Waals surface area (Å²) in [7, 11) is 0. The standard InChI is InChI=1S/C21H24N4O3/c1-3-25-19(23-18-12-17(21(26)27)13-22-20(18)25)16-6-4-15(5-7-16)14(2)24-8-10-28-11-9-24/h4-7,12-14H,3,8-11H2,1-2H3,(H,26,27)/t14-/m1/s1. The fourth-order valence-corrected chi connectivity index (χ4v) is 3.73. The fraction of sp³-hybridized carbons (Fsp3) is 0.381. The van der Waals surface area contributed by atoms with Gasteiger partial charge in [0, 0.05) is 37.4 Å². The SMILES string of the molecule is CCn1c(-c2ccc([C@@H](C)N3CCOCC3)cc2)nc2cc(C(=O)O)cnc21. The van der Waals surface area contributed by atoms with Crippen LogP contribution in [0.25, 0.3) is 22.6 Å². The molecule has 7 heteroatoms. The van der Waals surface area contributed by atoms with Gasteiger partial charge in [0.2, 0.25) is 0 Å². The maximum absolute atomic E-state index is 11.2. The van der Waals surface area contributed by atoms with Crippen molar-refractivity contribution in [2.24, 2.45) is 0 Å². The summed E-state index contributed by atoms with van der Waals surface area (Å²) in [6.07, 6.45) is 1.38. The van der Waals surface area contributed by atoms with E-state index in [4.69, 9.17) is 4.74 Å². The highest BCUT2D eigenvalue weighted by atomic mass is 16.5. The van der Waals surface area contributed by atoms with Crippen molar-refractivity contribution >= 4 is 17.1 Å². The Morgan fingerprint density at radius 1 is 1.25 bits per heavy atom. The molecule has 3 heterocycles. The molecule has 146 valence electrons. The molecular formula is C21H24N4O3. The number of carbonyl (C=O) groups is 1. The van der Waals surface area contributed by atoms with Crippen molar-refractivity contribution < 1.29 is 14.6 Å². The lowest BCUT2D eigenvalue weighted by Crippen LogP contribution is -2.37. The van der Waals surface area contributed by atoms with Gasteiger partial charge in [0.15, 0.2) is 5.65 Å². The predicted octanol–water partition coefficient (Wildman–Crippen LogP) is 3.21. The molecule has 0 amide bonds. The van der Waals surface area contributed by atoms with E-state index in [1.807, 2.05) is 11.5 Å². The van der Waals surface area contributed by atoms with Crippen molar-refractivity contribution in [2.45, 2.75) is 26.4 Å². The molecule has 0 spiro atoms. The molecule has 3 aromatic rings. The third kappa shape index (κ3) is 3.39. The lowest BCUT2D eigenvalue weighted by atomic mass is 10.0. The maximum Gasteiger partial charge on any atom is 0.337 e. The molecule has 0 bridgehead atoms. The summed E-state index contributed by atoms with van der Waals surface area (Å²) in [6, 6.07) is 10.4. The summed E-state index contributed by atoms with van der Waals surface area (Å²) < 4.78 is 7.46. The van der Waals surface area contributed by atoms with Gasteiger partial charge in [-0.3, -0.25) is 4.90 Å². The van der Waals surface area contributed by atoms with Gasteiger partial charge in [-0.05, 0) is 25.5 Å². The number of imidazole rings is 1. The van der Waals surface area contributed by atoms with E-state index in [1.165, 1.54) is 11.8 Å². The number of fused-ring (bicyclic) bond motifs is 1. The van der Waals surface area contributed by atoms with Crippen LogP contribution in [0, 0.1) is 0 Å². The van der Waals surface area contributed by atoms with E-state index in [9.17, 15) is 9.90 Å². The van der Waals surface area contributed by atoms with E-state index in [1.54, 1.807) is 6.07 Å². The van der Waals surface area contributed by atoms with Crippen LogP contribution in [0.3, 0.4) is 0 Å². The third-order valence-corrected chi connectivity index (χ3v) is 5.39. The number of hydrogen-bond acceptors (Lipinski definition) is 5. The molecule has 1 N–H and O–H groups in total. The van der Waals surface area contributed by atoms with Gasteiger partial charge in [-0.1, -0.05) is 24.3 Å².